The molecule has 1 aromatic rings. The minimum atomic E-state index is -3.64. The average Bonchev–Trinajstić information content (AvgIpc) is 2.58. The van der Waals surface area contributed by atoms with Gasteiger partial charge < -0.3 is 14.4 Å². The Morgan fingerprint density at radius 1 is 1.38 bits per heavy atom. The van der Waals surface area contributed by atoms with Crippen molar-refractivity contribution < 1.29 is 22.7 Å². The van der Waals surface area contributed by atoms with E-state index >= 15 is 0 Å². The molecule has 1 aliphatic rings. The van der Waals surface area contributed by atoms with E-state index in [2.05, 4.69) is 0 Å². The smallest absolute Gasteiger partial charge is 0.246 e. The van der Waals surface area contributed by atoms with Crippen LogP contribution in [0.1, 0.15) is 13.3 Å². The summed E-state index contributed by atoms with van der Waals surface area (Å²) in [6, 6.07) is 5.94. The van der Waals surface area contributed by atoms with E-state index in [0.717, 1.165) is 6.26 Å². The van der Waals surface area contributed by atoms with Crippen molar-refractivity contribution in [1.82, 2.24) is 4.90 Å². The van der Waals surface area contributed by atoms with E-state index in [1.54, 1.807) is 36.1 Å². The molecular formula is C16H24N2O5S. The molecule has 0 aliphatic carbocycles. The maximum Gasteiger partial charge on any atom is 0.246 e. The van der Waals surface area contributed by atoms with Gasteiger partial charge in [-0.05, 0) is 18.6 Å². The molecule has 0 N–H and O–H groups in total. The lowest BCUT2D eigenvalue weighted by Crippen LogP contribution is -2.53. The van der Waals surface area contributed by atoms with E-state index in [-0.39, 0.29) is 5.91 Å². The van der Waals surface area contributed by atoms with Crippen molar-refractivity contribution in [3.8, 4) is 5.75 Å². The summed E-state index contributed by atoms with van der Waals surface area (Å²) < 4.78 is 36.4. The predicted molar refractivity (Wildman–Crippen MR) is 91.8 cm³/mol. The van der Waals surface area contributed by atoms with E-state index in [1.165, 1.54) is 11.4 Å². The van der Waals surface area contributed by atoms with Gasteiger partial charge in [-0.25, -0.2) is 8.42 Å². The van der Waals surface area contributed by atoms with Crippen LogP contribution in [0.4, 0.5) is 5.69 Å². The maximum atomic E-state index is 12.9. The van der Waals surface area contributed by atoms with Gasteiger partial charge in [0.2, 0.25) is 15.9 Å². The summed E-state index contributed by atoms with van der Waals surface area (Å²) in [5.74, 6) is 0.337. The third-order valence-corrected chi connectivity index (χ3v) is 5.12. The number of nitrogens with zero attached hydrogens (tertiary/aromatic N) is 2. The fourth-order valence-corrected chi connectivity index (χ4v) is 3.98. The van der Waals surface area contributed by atoms with Crippen LogP contribution in [0.5, 0.6) is 5.75 Å². The molecule has 1 heterocycles. The number of methoxy groups -OCH3 is 1. The van der Waals surface area contributed by atoms with Gasteiger partial charge in [0.1, 0.15) is 11.8 Å². The fourth-order valence-electron chi connectivity index (χ4n) is 2.79. The van der Waals surface area contributed by atoms with Crippen LogP contribution in [-0.2, 0) is 19.6 Å². The number of sulfonamides is 1. The summed E-state index contributed by atoms with van der Waals surface area (Å²) in [7, 11) is -2.12. The SMILES string of the molecule is CCC(C(=O)N1CCOCC1)N(c1cccc(OC)c1)S(C)(=O)=O. The van der Waals surface area contributed by atoms with E-state index in [9.17, 15) is 13.2 Å². The van der Waals surface area contributed by atoms with Crippen LogP contribution in [0.15, 0.2) is 24.3 Å². The minimum absolute atomic E-state index is 0.200. The molecule has 1 atom stereocenters. The van der Waals surface area contributed by atoms with Crippen molar-refractivity contribution in [1.29, 1.82) is 0 Å². The van der Waals surface area contributed by atoms with E-state index in [4.69, 9.17) is 9.47 Å². The monoisotopic (exact) mass is 356 g/mol. The Morgan fingerprint density at radius 2 is 2.04 bits per heavy atom. The van der Waals surface area contributed by atoms with Crippen LogP contribution >= 0.6 is 0 Å². The van der Waals surface area contributed by atoms with Gasteiger partial charge in [-0.3, -0.25) is 9.10 Å². The highest BCUT2D eigenvalue weighted by molar-refractivity contribution is 7.92. The molecule has 1 amide bonds. The van der Waals surface area contributed by atoms with Gasteiger partial charge in [0, 0.05) is 19.2 Å². The summed E-state index contributed by atoms with van der Waals surface area (Å²) in [6.45, 7) is 3.71. The minimum Gasteiger partial charge on any atom is -0.497 e. The first kappa shape index (κ1) is 18.5. The van der Waals surface area contributed by atoms with Crippen molar-refractivity contribution in [2.45, 2.75) is 19.4 Å². The largest absolute Gasteiger partial charge is 0.497 e. The topological polar surface area (TPSA) is 76.2 Å². The van der Waals surface area contributed by atoms with E-state index < -0.39 is 16.1 Å². The Kier molecular flexibility index (Phi) is 6.06. The number of hydrogen-bond donors (Lipinski definition) is 0. The van der Waals surface area contributed by atoms with Crippen LogP contribution in [0, 0.1) is 0 Å². The van der Waals surface area contributed by atoms with Gasteiger partial charge in [-0.2, -0.15) is 0 Å². The molecule has 0 aromatic heterocycles. The maximum absolute atomic E-state index is 12.9. The summed E-state index contributed by atoms with van der Waals surface area (Å²) in [6.07, 6.45) is 1.49. The molecule has 8 heteroatoms. The third kappa shape index (κ3) is 4.18. The van der Waals surface area contributed by atoms with Crippen molar-refractivity contribution in [2.75, 3.05) is 44.0 Å². The first-order chi connectivity index (χ1) is 11.4. The lowest BCUT2D eigenvalue weighted by molar-refractivity contribution is -0.136. The highest BCUT2D eigenvalue weighted by Crippen LogP contribution is 2.27. The van der Waals surface area contributed by atoms with Crippen LogP contribution < -0.4 is 9.04 Å². The number of morpholine rings is 1. The van der Waals surface area contributed by atoms with Crippen LogP contribution in [-0.4, -0.2) is 64.9 Å². The molecule has 134 valence electrons. The van der Waals surface area contributed by atoms with Gasteiger partial charge in [0.25, 0.3) is 0 Å². The summed E-state index contributed by atoms with van der Waals surface area (Å²) in [5, 5.41) is 0. The zero-order valence-corrected chi connectivity index (χ0v) is 15.1. The Labute approximate surface area is 143 Å². The van der Waals surface area contributed by atoms with Gasteiger partial charge in [-0.1, -0.05) is 13.0 Å². The lowest BCUT2D eigenvalue weighted by atomic mass is 10.1. The number of carbonyl (C=O) groups excluding carboxylic acids is 1. The van der Waals surface area contributed by atoms with Crippen LogP contribution in [0.3, 0.4) is 0 Å². The van der Waals surface area contributed by atoms with Crippen molar-refractivity contribution in [3.63, 3.8) is 0 Å². The number of anilines is 1. The van der Waals surface area contributed by atoms with Crippen molar-refractivity contribution in [3.05, 3.63) is 24.3 Å². The third-order valence-electron chi connectivity index (χ3n) is 3.94. The molecule has 0 radical (unpaired) electrons. The van der Waals surface area contributed by atoms with E-state index in [0.29, 0.717) is 44.2 Å². The van der Waals surface area contributed by atoms with Gasteiger partial charge >= 0.3 is 0 Å². The molecule has 0 spiro atoms. The first-order valence-electron chi connectivity index (χ1n) is 7.88. The second kappa shape index (κ2) is 7.85. The predicted octanol–water partition coefficient (Wildman–Crippen LogP) is 1.10. The Bertz CT molecular complexity index is 671. The molecule has 24 heavy (non-hydrogen) atoms. The second-order valence-corrected chi connectivity index (χ2v) is 7.48. The molecular weight excluding hydrogens is 332 g/mol. The number of amides is 1. The summed E-state index contributed by atoms with van der Waals surface area (Å²) in [4.78, 5) is 14.5. The Hall–Kier alpha value is -1.80. The molecule has 0 saturated carbocycles. The fraction of sp³-hybridized carbons (Fsp3) is 0.562. The Balaban J connectivity index is 2.39. The van der Waals surface area contributed by atoms with Gasteiger partial charge in [0.05, 0.1) is 32.3 Å². The molecule has 1 aromatic carbocycles. The van der Waals surface area contributed by atoms with Crippen molar-refractivity contribution >= 4 is 21.6 Å². The first-order valence-corrected chi connectivity index (χ1v) is 9.73. The molecule has 7 nitrogen and oxygen atoms in total. The highest BCUT2D eigenvalue weighted by atomic mass is 32.2. The zero-order chi connectivity index (χ0) is 17.7. The van der Waals surface area contributed by atoms with E-state index in [1.807, 2.05) is 0 Å². The quantitative estimate of drug-likeness (QED) is 0.763. The highest BCUT2D eigenvalue weighted by Gasteiger charge is 2.34. The lowest BCUT2D eigenvalue weighted by Gasteiger charge is -2.35. The molecule has 1 unspecified atom stereocenters. The average molecular weight is 356 g/mol. The molecule has 2 rings (SSSR count). The number of ether oxygens (including phenoxy) is 2. The molecule has 1 fully saturated rings. The summed E-state index contributed by atoms with van der Waals surface area (Å²) >= 11 is 0. The van der Waals surface area contributed by atoms with Crippen molar-refractivity contribution in [2.24, 2.45) is 0 Å². The number of rotatable bonds is 6. The van der Waals surface area contributed by atoms with Gasteiger partial charge in [0.15, 0.2) is 0 Å². The normalized spacial score (nSPS) is 16.5. The molecule has 1 saturated heterocycles. The number of benzene rings is 1. The Morgan fingerprint density at radius 3 is 2.58 bits per heavy atom. The number of hydrogen-bond acceptors (Lipinski definition) is 5. The summed E-state index contributed by atoms with van der Waals surface area (Å²) in [5.41, 5.74) is 0.422. The second-order valence-electron chi connectivity index (χ2n) is 5.62. The molecule has 1 aliphatic heterocycles. The number of carbonyl (C=O) groups is 1. The molecule has 0 bridgehead atoms. The zero-order valence-electron chi connectivity index (χ0n) is 14.3. The van der Waals surface area contributed by atoms with Gasteiger partial charge in [-0.15, -0.1) is 0 Å². The standard InChI is InChI=1S/C16H24N2O5S/c1-4-15(16(19)17-8-10-23-11-9-17)18(24(3,20)21)13-6-5-7-14(12-13)22-2/h5-7,12,15H,4,8-11H2,1-3H3. The van der Waals surface area contributed by atoms with Crippen LogP contribution in [0.2, 0.25) is 0 Å². The van der Waals surface area contributed by atoms with Crippen LogP contribution in [0.25, 0.3) is 0 Å².